The van der Waals surface area contributed by atoms with E-state index in [0.717, 1.165) is 36.0 Å². The lowest BCUT2D eigenvalue weighted by Gasteiger charge is -2.32. The molecule has 0 radical (unpaired) electrons. The molecular weight excluding hydrogens is 450 g/mol. The molecule has 0 saturated heterocycles. The Hall–Kier alpha value is -2.87. The number of carbonyl (C=O) groups is 3. The van der Waals surface area contributed by atoms with Gasteiger partial charge in [-0.05, 0) is 41.5 Å². The standard InChI is InChI=1S/C26H33N3O4S/c1-3-17(2)22(34)23(30)29-26(12-4-5-13-26)25(33)28-21(24(31)32)15-18-8-10-19(11-9-18)20-7-6-14-27-16-20/h6-11,14,16-17,21-22,34H,3-5,12-13,15H2,1-2H3,(H,28,33)(H,29,30)(H,31,32)/t17-,21-,22-/m0/s1. The van der Waals surface area contributed by atoms with Crippen LogP contribution in [0.15, 0.2) is 48.8 Å². The average molecular weight is 484 g/mol. The van der Waals surface area contributed by atoms with Crippen LogP contribution in [0, 0.1) is 5.92 Å². The molecule has 2 amide bonds. The van der Waals surface area contributed by atoms with Gasteiger partial charge in [-0.25, -0.2) is 4.79 Å². The quantitative estimate of drug-likeness (QED) is 0.386. The first-order valence-electron chi connectivity index (χ1n) is 11.8. The number of amides is 2. The molecule has 0 unspecified atom stereocenters. The summed E-state index contributed by atoms with van der Waals surface area (Å²) < 4.78 is 0. The van der Waals surface area contributed by atoms with Gasteiger partial charge < -0.3 is 15.7 Å². The number of nitrogens with zero attached hydrogens (tertiary/aromatic N) is 1. The van der Waals surface area contributed by atoms with E-state index >= 15 is 0 Å². The summed E-state index contributed by atoms with van der Waals surface area (Å²) in [6, 6.07) is 10.2. The van der Waals surface area contributed by atoms with Crippen LogP contribution in [0.3, 0.4) is 0 Å². The second-order valence-corrected chi connectivity index (χ2v) is 9.67. The van der Waals surface area contributed by atoms with Crippen molar-refractivity contribution in [3.8, 4) is 11.1 Å². The minimum Gasteiger partial charge on any atom is -0.480 e. The third-order valence-electron chi connectivity index (χ3n) is 6.70. The molecule has 1 fully saturated rings. The Morgan fingerprint density at radius 2 is 1.79 bits per heavy atom. The van der Waals surface area contributed by atoms with E-state index in [4.69, 9.17) is 0 Å². The topological polar surface area (TPSA) is 108 Å². The molecule has 1 aliphatic carbocycles. The Morgan fingerprint density at radius 3 is 2.35 bits per heavy atom. The number of aromatic nitrogens is 1. The van der Waals surface area contributed by atoms with Gasteiger partial charge in [0.1, 0.15) is 11.6 Å². The lowest BCUT2D eigenvalue weighted by molar-refractivity contribution is -0.143. The van der Waals surface area contributed by atoms with Crippen molar-refractivity contribution in [3.05, 3.63) is 54.4 Å². The van der Waals surface area contributed by atoms with Gasteiger partial charge in [-0.15, -0.1) is 0 Å². The number of pyridine rings is 1. The van der Waals surface area contributed by atoms with Gasteiger partial charge in [0.2, 0.25) is 11.8 Å². The van der Waals surface area contributed by atoms with Gasteiger partial charge in [0.15, 0.2) is 0 Å². The molecule has 0 aliphatic heterocycles. The van der Waals surface area contributed by atoms with E-state index in [1.54, 1.807) is 12.4 Å². The predicted octanol–water partition coefficient (Wildman–Crippen LogP) is 3.63. The first-order chi connectivity index (χ1) is 16.3. The summed E-state index contributed by atoms with van der Waals surface area (Å²) in [7, 11) is 0. The Balaban J connectivity index is 1.70. The van der Waals surface area contributed by atoms with E-state index in [0.29, 0.717) is 12.8 Å². The number of carbonyl (C=O) groups excluding carboxylic acids is 2. The van der Waals surface area contributed by atoms with Crippen molar-refractivity contribution in [1.29, 1.82) is 0 Å². The van der Waals surface area contributed by atoms with Crippen molar-refractivity contribution in [1.82, 2.24) is 15.6 Å². The van der Waals surface area contributed by atoms with Crippen molar-refractivity contribution in [2.75, 3.05) is 0 Å². The number of carboxylic acids is 1. The molecule has 1 aromatic heterocycles. The number of carboxylic acid groups (broad SMARTS) is 1. The van der Waals surface area contributed by atoms with Crippen LogP contribution in [0.25, 0.3) is 11.1 Å². The monoisotopic (exact) mass is 483 g/mol. The number of hydrogen-bond donors (Lipinski definition) is 4. The van der Waals surface area contributed by atoms with Crippen molar-refractivity contribution in [2.45, 2.75) is 69.2 Å². The molecule has 182 valence electrons. The number of thiol groups is 1. The SMILES string of the molecule is CC[C@H](C)[C@H](S)C(=O)NC1(C(=O)N[C@@H](Cc2ccc(-c3cccnc3)cc2)C(=O)O)CCCC1. The minimum atomic E-state index is -1.11. The molecule has 7 nitrogen and oxygen atoms in total. The Labute approximate surface area is 206 Å². The lowest BCUT2D eigenvalue weighted by Crippen LogP contribution is -2.61. The smallest absolute Gasteiger partial charge is 0.326 e. The summed E-state index contributed by atoms with van der Waals surface area (Å²) in [4.78, 5) is 42.2. The van der Waals surface area contributed by atoms with Crippen LogP contribution in [-0.4, -0.2) is 44.7 Å². The van der Waals surface area contributed by atoms with Crippen molar-refractivity contribution < 1.29 is 19.5 Å². The fourth-order valence-corrected chi connectivity index (χ4v) is 4.55. The lowest BCUT2D eigenvalue weighted by atomic mass is 9.93. The average Bonchev–Trinajstić information content (AvgIpc) is 3.33. The van der Waals surface area contributed by atoms with E-state index in [-0.39, 0.29) is 18.2 Å². The highest BCUT2D eigenvalue weighted by Crippen LogP contribution is 2.31. The van der Waals surface area contributed by atoms with Gasteiger partial charge >= 0.3 is 5.97 Å². The van der Waals surface area contributed by atoms with E-state index < -0.39 is 28.7 Å². The summed E-state index contributed by atoms with van der Waals surface area (Å²) in [5, 5.41) is 14.9. The van der Waals surface area contributed by atoms with Gasteiger partial charge in [0, 0.05) is 18.8 Å². The summed E-state index contributed by atoms with van der Waals surface area (Å²) in [5.41, 5.74) is 1.64. The third kappa shape index (κ3) is 6.17. The maximum atomic E-state index is 13.3. The molecular formula is C26H33N3O4S. The first kappa shape index (κ1) is 25.7. The molecule has 34 heavy (non-hydrogen) atoms. The van der Waals surface area contributed by atoms with Crippen molar-refractivity contribution in [2.24, 2.45) is 5.92 Å². The summed E-state index contributed by atoms with van der Waals surface area (Å²) in [5.74, 6) is -1.78. The highest BCUT2D eigenvalue weighted by Gasteiger charge is 2.44. The van der Waals surface area contributed by atoms with Gasteiger partial charge in [0.05, 0.1) is 5.25 Å². The molecule has 1 aromatic carbocycles. The molecule has 0 spiro atoms. The van der Waals surface area contributed by atoms with Crippen LogP contribution in [0.1, 0.15) is 51.5 Å². The molecule has 3 rings (SSSR count). The Kier molecular flexibility index (Phi) is 8.72. The maximum absolute atomic E-state index is 13.3. The van der Waals surface area contributed by atoms with Gasteiger partial charge in [-0.3, -0.25) is 14.6 Å². The number of hydrogen-bond acceptors (Lipinski definition) is 5. The van der Waals surface area contributed by atoms with Crippen LogP contribution in [0.2, 0.25) is 0 Å². The van der Waals surface area contributed by atoms with Gasteiger partial charge in [0.25, 0.3) is 0 Å². The first-order valence-corrected chi connectivity index (χ1v) is 12.3. The highest BCUT2D eigenvalue weighted by atomic mass is 32.1. The second kappa shape index (κ2) is 11.5. The third-order valence-corrected chi connectivity index (χ3v) is 7.44. The largest absolute Gasteiger partial charge is 0.480 e. The molecule has 0 bridgehead atoms. The summed E-state index contributed by atoms with van der Waals surface area (Å²) in [6.45, 7) is 3.93. The van der Waals surface area contributed by atoms with Crippen LogP contribution < -0.4 is 10.6 Å². The maximum Gasteiger partial charge on any atom is 0.326 e. The molecule has 3 atom stereocenters. The van der Waals surface area contributed by atoms with E-state index in [1.165, 1.54) is 0 Å². The zero-order chi connectivity index (χ0) is 24.7. The summed E-state index contributed by atoms with van der Waals surface area (Å²) in [6.07, 6.45) is 6.96. The van der Waals surface area contributed by atoms with E-state index in [9.17, 15) is 19.5 Å². The molecule has 8 heteroatoms. The van der Waals surface area contributed by atoms with Crippen LogP contribution in [-0.2, 0) is 20.8 Å². The normalized spacial score (nSPS) is 17.4. The number of benzene rings is 1. The fourth-order valence-electron chi connectivity index (χ4n) is 4.28. The number of aliphatic carboxylic acids is 1. The van der Waals surface area contributed by atoms with Crippen LogP contribution in [0.5, 0.6) is 0 Å². The van der Waals surface area contributed by atoms with Crippen LogP contribution in [0.4, 0.5) is 0 Å². The summed E-state index contributed by atoms with van der Waals surface area (Å²) >= 11 is 4.44. The Morgan fingerprint density at radius 1 is 1.12 bits per heavy atom. The van der Waals surface area contributed by atoms with Gasteiger partial charge in [-0.1, -0.05) is 63.4 Å². The zero-order valence-corrected chi connectivity index (χ0v) is 20.6. The fraction of sp³-hybridized carbons (Fsp3) is 0.462. The number of rotatable bonds is 10. The van der Waals surface area contributed by atoms with E-state index in [1.807, 2.05) is 50.2 Å². The molecule has 1 heterocycles. The minimum absolute atomic E-state index is 0.0613. The zero-order valence-electron chi connectivity index (χ0n) is 19.7. The van der Waals surface area contributed by atoms with Crippen molar-refractivity contribution >= 4 is 30.4 Å². The van der Waals surface area contributed by atoms with Crippen LogP contribution >= 0.6 is 12.6 Å². The predicted molar refractivity (Wildman–Crippen MR) is 135 cm³/mol. The molecule has 3 N–H and O–H groups in total. The Bertz CT molecular complexity index is 991. The van der Waals surface area contributed by atoms with Gasteiger partial charge in [-0.2, -0.15) is 12.6 Å². The molecule has 1 aliphatic rings. The molecule has 2 aromatic rings. The van der Waals surface area contributed by atoms with Crippen molar-refractivity contribution in [3.63, 3.8) is 0 Å². The number of nitrogens with one attached hydrogen (secondary N) is 2. The second-order valence-electron chi connectivity index (χ2n) is 9.12. The molecule has 1 saturated carbocycles. The van der Waals surface area contributed by atoms with E-state index in [2.05, 4.69) is 28.2 Å². The highest BCUT2D eigenvalue weighted by molar-refractivity contribution is 7.81.